The van der Waals surface area contributed by atoms with Crippen LogP contribution in [0.2, 0.25) is 0 Å². The van der Waals surface area contributed by atoms with E-state index in [0.717, 1.165) is 24.3 Å². The fraction of sp³-hybridized carbons (Fsp3) is 0.529. The van der Waals surface area contributed by atoms with Crippen LogP contribution in [0.4, 0.5) is 0 Å². The molecule has 5 nitrogen and oxygen atoms in total. The van der Waals surface area contributed by atoms with Gasteiger partial charge < -0.3 is 14.5 Å². The van der Waals surface area contributed by atoms with Crippen molar-refractivity contribution in [1.29, 1.82) is 0 Å². The number of hydrogen-bond acceptors (Lipinski definition) is 4. The lowest BCUT2D eigenvalue weighted by Gasteiger charge is -2.22. The maximum atomic E-state index is 12.6. The summed E-state index contributed by atoms with van der Waals surface area (Å²) in [5.41, 5.74) is 1.47. The first-order valence-corrected chi connectivity index (χ1v) is 7.71. The maximum Gasteiger partial charge on any atom is 0.253 e. The number of ether oxygens (including phenoxy) is 1. The molecule has 1 spiro atoms. The number of amides is 1. The molecule has 1 aromatic rings. The second-order valence-corrected chi connectivity index (χ2v) is 6.39. The molecule has 1 amide bonds. The molecule has 1 atom stereocenters. The number of hydrogen-bond donors (Lipinski definition) is 0. The third-order valence-electron chi connectivity index (χ3n) is 4.47. The van der Waals surface area contributed by atoms with Crippen LogP contribution >= 0.6 is 0 Å². The van der Waals surface area contributed by atoms with Crippen LogP contribution in [-0.2, 0) is 4.84 Å². The second-order valence-electron chi connectivity index (χ2n) is 6.39. The minimum Gasteiger partial charge on any atom is -0.497 e. The standard InChI is InChI=1S/C17H22N2O3/c1-12(2)15-10-17(22-18-15)8-9-19(11-17)16(20)13-4-6-14(21-3)7-5-13/h4-7,12H,8-11H2,1-3H3. The summed E-state index contributed by atoms with van der Waals surface area (Å²) in [5, 5.41) is 4.22. The van der Waals surface area contributed by atoms with Gasteiger partial charge in [-0.05, 0) is 30.2 Å². The van der Waals surface area contributed by atoms with Gasteiger partial charge in [-0.3, -0.25) is 4.79 Å². The quantitative estimate of drug-likeness (QED) is 0.862. The van der Waals surface area contributed by atoms with Crippen molar-refractivity contribution in [2.75, 3.05) is 20.2 Å². The average molecular weight is 302 g/mol. The Kier molecular flexibility index (Phi) is 3.81. The fourth-order valence-corrected chi connectivity index (χ4v) is 3.01. The van der Waals surface area contributed by atoms with Gasteiger partial charge in [0.05, 0.1) is 19.4 Å². The van der Waals surface area contributed by atoms with Crippen molar-refractivity contribution in [1.82, 2.24) is 4.90 Å². The van der Waals surface area contributed by atoms with Crippen molar-refractivity contribution in [3.63, 3.8) is 0 Å². The average Bonchev–Trinajstić information content (AvgIpc) is 3.14. The third-order valence-corrected chi connectivity index (χ3v) is 4.47. The van der Waals surface area contributed by atoms with Crippen LogP contribution in [0.15, 0.2) is 29.4 Å². The fourth-order valence-electron chi connectivity index (χ4n) is 3.01. The van der Waals surface area contributed by atoms with Gasteiger partial charge in [-0.1, -0.05) is 19.0 Å². The number of benzene rings is 1. The highest BCUT2D eigenvalue weighted by atomic mass is 16.7. The SMILES string of the molecule is COc1ccc(C(=O)N2CCC3(CC(C(C)C)=NO3)C2)cc1. The first-order chi connectivity index (χ1) is 10.5. The molecule has 0 N–H and O–H groups in total. The first kappa shape index (κ1) is 14.9. The van der Waals surface area contributed by atoms with E-state index in [1.54, 1.807) is 19.2 Å². The summed E-state index contributed by atoms with van der Waals surface area (Å²) in [6.45, 7) is 5.57. The van der Waals surface area contributed by atoms with Gasteiger partial charge in [-0.2, -0.15) is 0 Å². The Balaban J connectivity index is 1.66. The van der Waals surface area contributed by atoms with E-state index in [2.05, 4.69) is 19.0 Å². The summed E-state index contributed by atoms with van der Waals surface area (Å²) in [6.07, 6.45) is 1.67. The Bertz CT molecular complexity index is 594. The van der Waals surface area contributed by atoms with Crippen molar-refractivity contribution >= 4 is 11.6 Å². The molecule has 2 aliphatic heterocycles. The van der Waals surface area contributed by atoms with Gasteiger partial charge in [0.1, 0.15) is 5.75 Å². The number of carbonyl (C=O) groups is 1. The molecule has 5 heteroatoms. The van der Waals surface area contributed by atoms with Gasteiger partial charge in [0.15, 0.2) is 5.60 Å². The highest BCUT2D eigenvalue weighted by Gasteiger charge is 2.46. The van der Waals surface area contributed by atoms with Crippen LogP contribution < -0.4 is 4.74 Å². The molecule has 1 aromatic carbocycles. The maximum absolute atomic E-state index is 12.6. The number of methoxy groups -OCH3 is 1. The molecule has 2 heterocycles. The Labute approximate surface area is 130 Å². The van der Waals surface area contributed by atoms with Gasteiger partial charge >= 0.3 is 0 Å². The lowest BCUT2D eigenvalue weighted by atomic mass is 9.92. The molecule has 0 aromatic heterocycles. The molecule has 3 rings (SSSR count). The third kappa shape index (κ3) is 2.67. The lowest BCUT2D eigenvalue weighted by Crippen LogP contribution is -2.36. The predicted octanol–water partition coefficient (Wildman–Crippen LogP) is 2.71. The molecule has 0 saturated carbocycles. The van der Waals surface area contributed by atoms with Crippen molar-refractivity contribution < 1.29 is 14.4 Å². The first-order valence-electron chi connectivity index (χ1n) is 7.71. The van der Waals surface area contributed by atoms with Crippen LogP contribution in [-0.4, -0.2) is 42.3 Å². The monoisotopic (exact) mass is 302 g/mol. The lowest BCUT2D eigenvalue weighted by molar-refractivity contribution is -0.00917. The minimum atomic E-state index is -0.304. The zero-order valence-electron chi connectivity index (χ0n) is 13.3. The number of oxime groups is 1. The van der Waals surface area contributed by atoms with Crippen LogP contribution in [0.5, 0.6) is 5.75 Å². The van der Waals surface area contributed by atoms with E-state index < -0.39 is 0 Å². The topological polar surface area (TPSA) is 51.1 Å². The molecule has 0 bridgehead atoms. The van der Waals surface area contributed by atoms with Gasteiger partial charge in [-0.25, -0.2) is 0 Å². The van der Waals surface area contributed by atoms with Crippen molar-refractivity contribution in [3.8, 4) is 5.75 Å². The second kappa shape index (κ2) is 5.63. The molecule has 22 heavy (non-hydrogen) atoms. The van der Waals surface area contributed by atoms with Gasteiger partial charge in [0, 0.05) is 24.9 Å². The van der Waals surface area contributed by atoms with Crippen LogP contribution in [0, 0.1) is 5.92 Å². The largest absolute Gasteiger partial charge is 0.497 e. The zero-order valence-corrected chi connectivity index (χ0v) is 13.3. The van der Waals surface area contributed by atoms with Crippen LogP contribution in [0.3, 0.4) is 0 Å². The van der Waals surface area contributed by atoms with Crippen LogP contribution in [0.1, 0.15) is 37.0 Å². The number of nitrogens with zero attached hydrogens (tertiary/aromatic N) is 2. The Hall–Kier alpha value is -2.04. The molecule has 2 aliphatic rings. The Morgan fingerprint density at radius 2 is 2.09 bits per heavy atom. The molecular formula is C17H22N2O3. The van der Waals surface area contributed by atoms with E-state index in [4.69, 9.17) is 9.57 Å². The van der Waals surface area contributed by atoms with E-state index in [9.17, 15) is 4.79 Å². The molecule has 1 unspecified atom stereocenters. The van der Waals surface area contributed by atoms with E-state index in [1.165, 1.54) is 0 Å². The summed E-state index contributed by atoms with van der Waals surface area (Å²) in [4.78, 5) is 20.2. The van der Waals surface area contributed by atoms with Crippen LogP contribution in [0.25, 0.3) is 0 Å². The predicted molar refractivity (Wildman–Crippen MR) is 84.2 cm³/mol. The molecule has 1 fully saturated rings. The molecule has 0 aliphatic carbocycles. The number of rotatable bonds is 3. The smallest absolute Gasteiger partial charge is 0.253 e. The Morgan fingerprint density at radius 1 is 1.36 bits per heavy atom. The highest BCUT2D eigenvalue weighted by molar-refractivity contribution is 5.95. The number of likely N-dealkylation sites (tertiary alicyclic amines) is 1. The van der Waals surface area contributed by atoms with E-state index in [-0.39, 0.29) is 11.5 Å². The highest BCUT2D eigenvalue weighted by Crippen LogP contribution is 2.35. The molecule has 1 saturated heterocycles. The number of carbonyl (C=O) groups excluding carboxylic acids is 1. The normalized spacial score (nSPS) is 23.8. The summed E-state index contributed by atoms with van der Waals surface area (Å²) in [6, 6.07) is 7.23. The summed E-state index contributed by atoms with van der Waals surface area (Å²) in [5.74, 6) is 1.19. The molecule has 118 valence electrons. The van der Waals surface area contributed by atoms with E-state index in [1.807, 2.05) is 17.0 Å². The Morgan fingerprint density at radius 3 is 2.68 bits per heavy atom. The van der Waals surface area contributed by atoms with Crippen molar-refractivity contribution in [2.45, 2.75) is 32.3 Å². The molecule has 0 radical (unpaired) electrons. The summed E-state index contributed by atoms with van der Waals surface area (Å²) >= 11 is 0. The van der Waals surface area contributed by atoms with Gasteiger partial charge in [0.25, 0.3) is 5.91 Å². The van der Waals surface area contributed by atoms with Gasteiger partial charge in [-0.15, -0.1) is 0 Å². The van der Waals surface area contributed by atoms with E-state index >= 15 is 0 Å². The summed E-state index contributed by atoms with van der Waals surface area (Å²) in [7, 11) is 1.62. The minimum absolute atomic E-state index is 0.0427. The summed E-state index contributed by atoms with van der Waals surface area (Å²) < 4.78 is 5.12. The zero-order chi connectivity index (χ0) is 15.7. The van der Waals surface area contributed by atoms with Crippen molar-refractivity contribution in [3.05, 3.63) is 29.8 Å². The van der Waals surface area contributed by atoms with Crippen molar-refractivity contribution in [2.24, 2.45) is 11.1 Å². The van der Waals surface area contributed by atoms with E-state index in [0.29, 0.717) is 24.6 Å². The molecular weight excluding hydrogens is 280 g/mol. The van der Waals surface area contributed by atoms with Gasteiger partial charge in [0.2, 0.25) is 0 Å².